The second-order valence-corrected chi connectivity index (χ2v) is 5.52. The molecular formula is C18H17FN2. The van der Waals surface area contributed by atoms with Gasteiger partial charge in [0.25, 0.3) is 0 Å². The number of hydrogen-bond donors (Lipinski definition) is 0. The van der Waals surface area contributed by atoms with Crippen LogP contribution in [0, 0.1) is 17.1 Å². The van der Waals surface area contributed by atoms with E-state index >= 15 is 0 Å². The molecule has 21 heavy (non-hydrogen) atoms. The van der Waals surface area contributed by atoms with Crippen LogP contribution in [0.4, 0.5) is 4.39 Å². The highest BCUT2D eigenvalue weighted by molar-refractivity contribution is 5.35. The van der Waals surface area contributed by atoms with Crippen LogP contribution in [-0.2, 0) is 6.54 Å². The number of nitrogens with zero attached hydrogens (tertiary/aromatic N) is 2. The molecule has 0 aliphatic carbocycles. The van der Waals surface area contributed by atoms with Crippen molar-refractivity contribution in [1.29, 1.82) is 5.26 Å². The molecule has 1 unspecified atom stereocenters. The fourth-order valence-electron chi connectivity index (χ4n) is 3.00. The SMILES string of the molecule is N#Cc1cccc(CN2CCC(c3ccccc3)C2)c1F. The summed E-state index contributed by atoms with van der Waals surface area (Å²) in [4.78, 5) is 2.26. The summed E-state index contributed by atoms with van der Waals surface area (Å²) in [7, 11) is 0. The topological polar surface area (TPSA) is 27.0 Å². The Labute approximate surface area is 124 Å². The molecule has 0 radical (unpaired) electrons. The van der Waals surface area contributed by atoms with Crippen molar-refractivity contribution in [2.75, 3.05) is 13.1 Å². The van der Waals surface area contributed by atoms with E-state index in [-0.39, 0.29) is 11.4 Å². The van der Waals surface area contributed by atoms with E-state index in [1.54, 1.807) is 12.1 Å². The number of halogens is 1. The van der Waals surface area contributed by atoms with Crippen molar-refractivity contribution in [2.45, 2.75) is 18.9 Å². The summed E-state index contributed by atoms with van der Waals surface area (Å²) in [6, 6.07) is 17.4. The van der Waals surface area contributed by atoms with Gasteiger partial charge < -0.3 is 0 Å². The molecule has 2 aromatic rings. The zero-order valence-corrected chi connectivity index (χ0v) is 11.8. The van der Waals surface area contributed by atoms with Crippen molar-refractivity contribution < 1.29 is 4.39 Å². The lowest BCUT2D eigenvalue weighted by atomic mass is 9.99. The first kappa shape index (κ1) is 13.8. The largest absolute Gasteiger partial charge is 0.298 e. The van der Waals surface area contributed by atoms with E-state index in [1.165, 1.54) is 11.6 Å². The van der Waals surface area contributed by atoms with Gasteiger partial charge in [-0.3, -0.25) is 4.90 Å². The molecule has 2 aromatic carbocycles. The van der Waals surface area contributed by atoms with Gasteiger partial charge in [-0.25, -0.2) is 4.39 Å². The van der Waals surface area contributed by atoms with Crippen LogP contribution in [0.5, 0.6) is 0 Å². The maximum absolute atomic E-state index is 14.1. The van der Waals surface area contributed by atoms with Crippen molar-refractivity contribution in [3.63, 3.8) is 0 Å². The molecular weight excluding hydrogens is 263 g/mol. The van der Waals surface area contributed by atoms with Crippen molar-refractivity contribution >= 4 is 0 Å². The van der Waals surface area contributed by atoms with Gasteiger partial charge in [-0.05, 0) is 30.5 Å². The molecule has 3 rings (SSSR count). The lowest BCUT2D eigenvalue weighted by Crippen LogP contribution is -2.20. The highest BCUT2D eigenvalue weighted by Gasteiger charge is 2.24. The number of benzene rings is 2. The fraction of sp³-hybridized carbons (Fsp3) is 0.278. The molecule has 0 amide bonds. The van der Waals surface area contributed by atoms with Crippen LogP contribution in [0.1, 0.15) is 29.0 Å². The number of hydrogen-bond acceptors (Lipinski definition) is 2. The normalized spacial score (nSPS) is 18.6. The van der Waals surface area contributed by atoms with Crippen molar-refractivity contribution in [3.05, 3.63) is 71.0 Å². The second-order valence-electron chi connectivity index (χ2n) is 5.52. The van der Waals surface area contributed by atoms with E-state index in [9.17, 15) is 4.39 Å². The summed E-state index contributed by atoms with van der Waals surface area (Å²) in [5.41, 5.74) is 2.10. The van der Waals surface area contributed by atoms with Gasteiger partial charge in [-0.15, -0.1) is 0 Å². The van der Waals surface area contributed by atoms with Gasteiger partial charge in [-0.2, -0.15) is 5.26 Å². The lowest BCUT2D eigenvalue weighted by Gasteiger charge is -2.17. The molecule has 2 nitrogen and oxygen atoms in total. The van der Waals surface area contributed by atoms with Gasteiger partial charge in [0.1, 0.15) is 11.9 Å². The van der Waals surface area contributed by atoms with Crippen LogP contribution < -0.4 is 0 Å². The van der Waals surface area contributed by atoms with E-state index in [0.717, 1.165) is 19.5 Å². The molecule has 0 bridgehead atoms. The average Bonchev–Trinajstić information content (AvgIpc) is 2.99. The number of likely N-dealkylation sites (tertiary alicyclic amines) is 1. The first-order chi connectivity index (χ1) is 10.3. The Balaban J connectivity index is 1.70. The maximum atomic E-state index is 14.1. The van der Waals surface area contributed by atoms with Crippen LogP contribution in [-0.4, -0.2) is 18.0 Å². The summed E-state index contributed by atoms with van der Waals surface area (Å²) in [5.74, 6) is 0.150. The minimum absolute atomic E-state index is 0.131. The number of nitriles is 1. The van der Waals surface area contributed by atoms with Crippen LogP contribution in [0.15, 0.2) is 48.5 Å². The van der Waals surface area contributed by atoms with Gasteiger partial charge in [0.2, 0.25) is 0 Å². The lowest BCUT2D eigenvalue weighted by molar-refractivity contribution is 0.321. The summed E-state index contributed by atoms with van der Waals surface area (Å²) < 4.78 is 14.1. The Kier molecular flexibility index (Phi) is 3.98. The summed E-state index contributed by atoms with van der Waals surface area (Å²) in [5, 5.41) is 8.89. The third-order valence-electron chi connectivity index (χ3n) is 4.14. The molecule has 1 aliphatic rings. The van der Waals surface area contributed by atoms with Gasteiger partial charge in [0.05, 0.1) is 5.56 Å². The summed E-state index contributed by atoms with van der Waals surface area (Å²) >= 11 is 0. The van der Waals surface area contributed by atoms with Crippen molar-refractivity contribution in [2.24, 2.45) is 0 Å². The second kappa shape index (κ2) is 6.07. The minimum atomic E-state index is -0.372. The fourth-order valence-corrected chi connectivity index (χ4v) is 3.00. The Hall–Kier alpha value is -2.18. The van der Waals surface area contributed by atoms with Crippen LogP contribution in [0.3, 0.4) is 0 Å². The average molecular weight is 280 g/mol. The van der Waals surface area contributed by atoms with Crippen LogP contribution >= 0.6 is 0 Å². The molecule has 0 aromatic heterocycles. The molecule has 106 valence electrons. The highest BCUT2D eigenvalue weighted by atomic mass is 19.1. The van der Waals surface area contributed by atoms with E-state index < -0.39 is 0 Å². The third-order valence-corrected chi connectivity index (χ3v) is 4.14. The Morgan fingerprint density at radius 1 is 1.14 bits per heavy atom. The predicted molar refractivity (Wildman–Crippen MR) is 80.2 cm³/mol. The first-order valence-electron chi connectivity index (χ1n) is 7.22. The quantitative estimate of drug-likeness (QED) is 0.857. The van der Waals surface area contributed by atoms with E-state index in [4.69, 9.17) is 5.26 Å². The minimum Gasteiger partial charge on any atom is -0.298 e. The third kappa shape index (κ3) is 2.96. The van der Waals surface area contributed by atoms with Gasteiger partial charge in [-0.1, -0.05) is 42.5 Å². The smallest absolute Gasteiger partial charge is 0.145 e. The monoisotopic (exact) mass is 280 g/mol. The molecule has 1 atom stereocenters. The van der Waals surface area contributed by atoms with Gasteiger partial charge in [0.15, 0.2) is 0 Å². The van der Waals surface area contributed by atoms with Crippen molar-refractivity contribution in [3.8, 4) is 6.07 Å². The van der Waals surface area contributed by atoms with Crippen molar-refractivity contribution in [1.82, 2.24) is 4.90 Å². The van der Waals surface area contributed by atoms with Crippen LogP contribution in [0.2, 0.25) is 0 Å². The van der Waals surface area contributed by atoms with E-state index in [0.29, 0.717) is 18.0 Å². The van der Waals surface area contributed by atoms with Crippen LogP contribution in [0.25, 0.3) is 0 Å². The van der Waals surface area contributed by atoms with Gasteiger partial charge in [0, 0.05) is 18.7 Å². The summed E-state index contributed by atoms with van der Waals surface area (Å²) in [6.45, 7) is 2.49. The zero-order valence-electron chi connectivity index (χ0n) is 11.8. The van der Waals surface area contributed by atoms with E-state index in [1.807, 2.05) is 12.1 Å². The first-order valence-corrected chi connectivity index (χ1v) is 7.22. The summed E-state index contributed by atoms with van der Waals surface area (Å²) in [6.07, 6.45) is 1.10. The Morgan fingerprint density at radius 3 is 2.71 bits per heavy atom. The standard InChI is InChI=1S/C18H17FN2/c19-18-15(11-20)7-4-8-17(18)13-21-10-9-16(12-21)14-5-2-1-3-6-14/h1-8,16H,9-10,12-13H2. The Bertz CT molecular complexity index is 661. The molecule has 0 spiro atoms. The Morgan fingerprint density at radius 2 is 1.95 bits per heavy atom. The molecule has 3 heteroatoms. The molecule has 0 N–H and O–H groups in total. The molecule has 1 heterocycles. The van der Waals surface area contributed by atoms with E-state index in [2.05, 4.69) is 29.2 Å². The highest BCUT2D eigenvalue weighted by Crippen LogP contribution is 2.28. The molecule has 1 fully saturated rings. The zero-order chi connectivity index (χ0) is 14.7. The molecule has 1 saturated heterocycles. The van der Waals surface area contributed by atoms with Gasteiger partial charge >= 0.3 is 0 Å². The number of rotatable bonds is 3. The predicted octanol–water partition coefficient (Wildman–Crippen LogP) is 3.69. The molecule has 1 aliphatic heterocycles. The maximum Gasteiger partial charge on any atom is 0.145 e. The molecule has 0 saturated carbocycles.